The number of hydrogen-bond acceptors (Lipinski definition) is 2. The molecule has 0 fully saturated rings. The lowest BCUT2D eigenvalue weighted by molar-refractivity contribution is -0.149. The van der Waals surface area contributed by atoms with Crippen LogP contribution in [0.3, 0.4) is 0 Å². The summed E-state index contributed by atoms with van der Waals surface area (Å²) >= 11 is 5.54. The fraction of sp³-hybridized carbons (Fsp3) is 0.333. The average Bonchev–Trinajstić information content (AvgIpc) is 2.14. The van der Waals surface area contributed by atoms with Crippen LogP contribution in [0.4, 0.5) is 17.6 Å². The Morgan fingerprint density at radius 2 is 1.94 bits per heavy atom. The minimum absolute atomic E-state index is 0.253. The predicted molar refractivity (Wildman–Crippen MR) is 50.9 cm³/mol. The lowest BCUT2D eigenvalue weighted by Gasteiger charge is -2.17. The van der Waals surface area contributed by atoms with Crippen molar-refractivity contribution in [2.24, 2.45) is 5.73 Å². The van der Waals surface area contributed by atoms with Crippen LogP contribution in [0, 0.1) is 5.82 Å². The monoisotopic (exact) mass is 257 g/mol. The van der Waals surface area contributed by atoms with Crippen LogP contribution < -0.4 is 10.5 Å². The number of methoxy groups -OCH3 is 1. The molecule has 0 saturated heterocycles. The maximum atomic E-state index is 13.2. The van der Waals surface area contributed by atoms with E-state index in [-0.39, 0.29) is 10.8 Å². The van der Waals surface area contributed by atoms with Crippen molar-refractivity contribution in [1.29, 1.82) is 0 Å². The van der Waals surface area contributed by atoms with Gasteiger partial charge in [0.25, 0.3) is 0 Å². The van der Waals surface area contributed by atoms with Gasteiger partial charge in [-0.25, -0.2) is 4.39 Å². The Balaban J connectivity index is 3.19. The van der Waals surface area contributed by atoms with Crippen LogP contribution in [0.1, 0.15) is 11.6 Å². The van der Waals surface area contributed by atoms with Gasteiger partial charge in [-0.3, -0.25) is 0 Å². The molecule has 2 N–H and O–H groups in total. The summed E-state index contributed by atoms with van der Waals surface area (Å²) in [6.45, 7) is 0. The first kappa shape index (κ1) is 13.1. The number of hydrogen-bond donors (Lipinski definition) is 1. The highest BCUT2D eigenvalue weighted by Crippen LogP contribution is 2.35. The van der Waals surface area contributed by atoms with E-state index < -0.39 is 23.6 Å². The van der Waals surface area contributed by atoms with Crippen molar-refractivity contribution in [3.8, 4) is 5.75 Å². The topological polar surface area (TPSA) is 35.2 Å². The van der Waals surface area contributed by atoms with E-state index in [1.165, 1.54) is 0 Å². The summed E-state index contributed by atoms with van der Waals surface area (Å²) in [4.78, 5) is 0. The van der Waals surface area contributed by atoms with E-state index >= 15 is 0 Å². The minimum atomic E-state index is -4.65. The molecule has 1 aromatic rings. The first-order chi connectivity index (χ1) is 7.27. The van der Waals surface area contributed by atoms with Crippen molar-refractivity contribution in [3.63, 3.8) is 0 Å². The Hall–Kier alpha value is -1.01. The Morgan fingerprint density at radius 1 is 1.38 bits per heavy atom. The fourth-order valence-corrected chi connectivity index (χ4v) is 1.44. The van der Waals surface area contributed by atoms with E-state index in [2.05, 4.69) is 4.74 Å². The number of halogens is 5. The molecule has 0 radical (unpaired) electrons. The maximum absolute atomic E-state index is 13.2. The van der Waals surface area contributed by atoms with E-state index in [4.69, 9.17) is 17.3 Å². The Labute approximate surface area is 93.9 Å². The first-order valence-electron chi connectivity index (χ1n) is 4.12. The summed E-state index contributed by atoms with van der Waals surface area (Å²) in [5.74, 6) is -1.29. The number of ether oxygens (including phenoxy) is 1. The van der Waals surface area contributed by atoms with Crippen molar-refractivity contribution in [2.45, 2.75) is 12.2 Å². The van der Waals surface area contributed by atoms with Gasteiger partial charge in [-0.1, -0.05) is 11.6 Å². The molecule has 0 spiro atoms. The molecule has 0 bridgehead atoms. The molecule has 7 heteroatoms. The summed E-state index contributed by atoms with van der Waals surface area (Å²) in [5.41, 5.74) is 4.46. The second kappa shape index (κ2) is 4.47. The van der Waals surface area contributed by atoms with Gasteiger partial charge in [-0.15, -0.1) is 0 Å². The largest absolute Gasteiger partial charge is 0.492 e. The molecule has 1 rings (SSSR count). The van der Waals surface area contributed by atoms with Gasteiger partial charge < -0.3 is 10.5 Å². The molecule has 0 aliphatic heterocycles. The van der Waals surface area contributed by atoms with Gasteiger partial charge in [0.05, 0.1) is 12.1 Å². The fourth-order valence-electron chi connectivity index (χ4n) is 1.14. The minimum Gasteiger partial charge on any atom is -0.492 e. The van der Waals surface area contributed by atoms with Gasteiger partial charge in [0.15, 0.2) is 11.6 Å². The predicted octanol–water partition coefficient (Wildman–Crippen LogP) is 3.05. The maximum Gasteiger partial charge on any atom is 0.407 e. The van der Waals surface area contributed by atoms with E-state index in [0.717, 1.165) is 13.2 Å². The van der Waals surface area contributed by atoms with Crippen LogP contribution in [0.5, 0.6) is 5.75 Å². The zero-order valence-corrected chi connectivity index (χ0v) is 8.86. The SMILES string of the molecule is COc1c(F)cc([C@@H](N)C(F)(F)F)cc1Cl. The Kier molecular flexibility index (Phi) is 3.64. The van der Waals surface area contributed by atoms with Crippen molar-refractivity contribution in [3.05, 3.63) is 28.5 Å². The Bertz CT molecular complexity index is 371. The zero-order chi connectivity index (χ0) is 12.5. The van der Waals surface area contributed by atoms with Gasteiger partial charge in [0.1, 0.15) is 6.04 Å². The van der Waals surface area contributed by atoms with Crippen LogP contribution in [0.15, 0.2) is 12.1 Å². The molecule has 1 aromatic carbocycles. The van der Waals surface area contributed by atoms with Crippen LogP contribution in [0.2, 0.25) is 5.02 Å². The van der Waals surface area contributed by atoms with Gasteiger partial charge in [0, 0.05) is 0 Å². The molecular weight excluding hydrogens is 250 g/mol. The van der Waals surface area contributed by atoms with Crippen LogP contribution in [-0.4, -0.2) is 13.3 Å². The van der Waals surface area contributed by atoms with Gasteiger partial charge >= 0.3 is 6.18 Å². The molecule has 0 aromatic heterocycles. The number of nitrogens with two attached hydrogens (primary N) is 1. The highest BCUT2D eigenvalue weighted by molar-refractivity contribution is 6.32. The highest BCUT2D eigenvalue weighted by atomic mass is 35.5. The van der Waals surface area contributed by atoms with E-state index in [1.54, 1.807) is 0 Å². The highest BCUT2D eigenvalue weighted by Gasteiger charge is 2.38. The Morgan fingerprint density at radius 3 is 2.31 bits per heavy atom. The van der Waals surface area contributed by atoms with Crippen LogP contribution >= 0.6 is 11.6 Å². The molecular formula is C9H8ClF4NO. The lowest BCUT2D eigenvalue weighted by Crippen LogP contribution is -2.28. The summed E-state index contributed by atoms with van der Waals surface area (Å²) < 4.78 is 54.6. The molecule has 0 unspecified atom stereocenters. The first-order valence-corrected chi connectivity index (χ1v) is 4.50. The number of benzene rings is 1. The van der Waals surface area contributed by atoms with Gasteiger partial charge in [-0.05, 0) is 17.7 Å². The van der Waals surface area contributed by atoms with Crippen molar-refractivity contribution >= 4 is 11.6 Å². The molecule has 2 nitrogen and oxygen atoms in total. The molecule has 1 atom stereocenters. The molecule has 0 aliphatic carbocycles. The average molecular weight is 258 g/mol. The van der Waals surface area contributed by atoms with Gasteiger partial charge in [-0.2, -0.15) is 13.2 Å². The van der Waals surface area contributed by atoms with Crippen molar-refractivity contribution < 1.29 is 22.3 Å². The molecule has 0 heterocycles. The quantitative estimate of drug-likeness (QED) is 0.827. The standard InChI is InChI=1S/C9H8ClF4NO/c1-16-7-5(10)2-4(3-6(7)11)8(15)9(12,13)14/h2-3,8H,15H2,1H3/t8-/m1/s1. The van der Waals surface area contributed by atoms with E-state index in [0.29, 0.717) is 6.07 Å². The second-order valence-corrected chi connectivity index (χ2v) is 3.44. The summed E-state index contributed by atoms with van der Waals surface area (Å²) in [5, 5.41) is -0.253. The van der Waals surface area contributed by atoms with E-state index in [9.17, 15) is 17.6 Å². The molecule has 0 amide bonds. The second-order valence-electron chi connectivity index (χ2n) is 3.04. The number of alkyl halides is 3. The third-order valence-electron chi connectivity index (χ3n) is 1.94. The molecule has 0 saturated carbocycles. The van der Waals surface area contributed by atoms with Crippen LogP contribution in [0.25, 0.3) is 0 Å². The molecule has 0 aliphatic rings. The van der Waals surface area contributed by atoms with Gasteiger partial charge in [0.2, 0.25) is 0 Å². The summed E-state index contributed by atoms with van der Waals surface area (Å²) in [6, 6.07) is -0.685. The van der Waals surface area contributed by atoms with Crippen molar-refractivity contribution in [1.82, 2.24) is 0 Å². The zero-order valence-electron chi connectivity index (χ0n) is 8.11. The lowest BCUT2D eigenvalue weighted by atomic mass is 10.1. The third kappa shape index (κ3) is 2.56. The van der Waals surface area contributed by atoms with Crippen LogP contribution in [-0.2, 0) is 0 Å². The summed E-state index contributed by atoms with van der Waals surface area (Å²) in [7, 11) is 1.16. The smallest absolute Gasteiger partial charge is 0.407 e. The summed E-state index contributed by atoms with van der Waals surface area (Å²) in [6.07, 6.45) is -4.65. The normalized spacial score (nSPS) is 13.7. The third-order valence-corrected chi connectivity index (χ3v) is 2.22. The number of rotatable bonds is 2. The van der Waals surface area contributed by atoms with E-state index in [1.807, 2.05) is 0 Å². The van der Waals surface area contributed by atoms with Crippen molar-refractivity contribution in [2.75, 3.05) is 7.11 Å². The molecule has 90 valence electrons. The molecule has 16 heavy (non-hydrogen) atoms.